The first-order valence-corrected chi connectivity index (χ1v) is 5.85. The number of rotatable bonds is 2. The smallest absolute Gasteiger partial charge is 0.0995 e. The predicted octanol–water partition coefficient (Wildman–Crippen LogP) is 2.84. The summed E-state index contributed by atoms with van der Waals surface area (Å²) in [5, 5.41) is 4.23. The lowest BCUT2D eigenvalue weighted by molar-refractivity contribution is 0.717. The van der Waals surface area contributed by atoms with Gasteiger partial charge in [0.15, 0.2) is 0 Å². The quantitative estimate of drug-likeness (QED) is 0.904. The van der Waals surface area contributed by atoms with Gasteiger partial charge in [0.1, 0.15) is 0 Å². The minimum Gasteiger partial charge on any atom is -0.319 e. The van der Waals surface area contributed by atoms with Crippen LogP contribution >= 0.6 is 34.5 Å². The largest absolute Gasteiger partial charge is 0.319 e. The van der Waals surface area contributed by atoms with E-state index in [9.17, 15) is 0 Å². The maximum atomic E-state index is 6.03. The Morgan fingerprint density at radius 1 is 1.53 bits per heavy atom. The van der Waals surface area contributed by atoms with Crippen molar-refractivity contribution in [1.82, 2.24) is 9.78 Å². The lowest BCUT2D eigenvalue weighted by atomic mass is 10.1. The maximum Gasteiger partial charge on any atom is 0.0995 e. The summed E-state index contributed by atoms with van der Waals surface area (Å²) >= 11 is 13.2. The standard InChI is InChI=1S/C9H9Cl2N3S/c1-14-3-2-6(13-14)8(12)5-4-7(10)15-9(5)11/h2-4,8H,12H2,1H3. The molecule has 0 aliphatic heterocycles. The van der Waals surface area contributed by atoms with E-state index < -0.39 is 0 Å². The van der Waals surface area contributed by atoms with E-state index in [1.807, 2.05) is 19.3 Å². The Morgan fingerprint density at radius 3 is 2.73 bits per heavy atom. The first kappa shape index (κ1) is 11.0. The van der Waals surface area contributed by atoms with Gasteiger partial charge in [0.25, 0.3) is 0 Å². The van der Waals surface area contributed by atoms with Crippen LogP contribution in [0.5, 0.6) is 0 Å². The van der Waals surface area contributed by atoms with Crippen molar-refractivity contribution in [2.75, 3.05) is 0 Å². The number of hydrogen-bond donors (Lipinski definition) is 1. The summed E-state index contributed by atoms with van der Waals surface area (Å²) in [4.78, 5) is 0. The average molecular weight is 262 g/mol. The van der Waals surface area contributed by atoms with E-state index in [0.29, 0.717) is 8.67 Å². The summed E-state index contributed by atoms with van der Waals surface area (Å²) in [6.07, 6.45) is 1.84. The molecule has 0 aliphatic rings. The molecular formula is C9H9Cl2N3S. The molecule has 2 N–H and O–H groups in total. The Kier molecular flexibility index (Phi) is 3.02. The van der Waals surface area contributed by atoms with E-state index in [1.54, 1.807) is 10.7 Å². The highest BCUT2D eigenvalue weighted by molar-refractivity contribution is 7.20. The number of thiophene rings is 1. The van der Waals surface area contributed by atoms with Gasteiger partial charge >= 0.3 is 0 Å². The molecule has 1 atom stereocenters. The summed E-state index contributed by atoms with van der Waals surface area (Å²) in [5.41, 5.74) is 7.64. The Bertz CT molecular complexity index is 477. The van der Waals surface area contributed by atoms with Crippen molar-refractivity contribution in [3.63, 3.8) is 0 Å². The zero-order chi connectivity index (χ0) is 11.0. The summed E-state index contributed by atoms with van der Waals surface area (Å²) in [6.45, 7) is 0. The predicted molar refractivity (Wildman–Crippen MR) is 63.6 cm³/mol. The van der Waals surface area contributed by atoms with Gasteiger partial charge in [-0.05, 0) is 12.1 Å². The number of nitrogens with zero attached hydrogens (tertiary/aromatic N) is 2. The fraction of sp³-hybridized carbons (Fsp3) is 0.222. The molecule has 15 heavy (non-hydrogen) atoms. The van der Waals surface area contributed by atoms with Crippen molar-refractivity contribution in [2.45, 2.75) is 6.04 Å². The molecule has 2 aromatic heterocycles. The van der Waals surface area contributed by atoms with Crippen LogP contribution in [0.15, 0.2) is 18.3 Å². The molecule has 1 unspecified atom stereocenters. The number of hydrogen-bond acceptors (Lipinski definition) is 3. The Morgan fingerprint density at radius 2 is 2.27 bits per heavy atom. The zero-order valence-electron chi connectivity index (χ0n) is 7.95. The van der Waals surface area contributed by atoms with Crippen molar-refractivity contribution in [1.29, 1.82) is 0 Å². The molecule has 2 aromatic rings. The molecular weight excluding hydrogens is 253 g/mol. The second-order valence-corrected chi connectivity index (χ2v) is 5.46. The fourth-order valence-corrected chi connectivity index (χ4v) is 2.87. The molecule has 0 spiro atoms. The normalized spacial score (nSPS) is 13.1. The highest BCUT2D eigenvalue weighted by Crippen LogP contribution is 2.35. The zero-order valence-corrected chi connectivity index (χ0v) is 10.3. The van der Waals surface area contributed by atoms with Crippen molar-refractivity contribution < 1.29 is 0 Å². The number of aromatic nitrogens is 2. The molecule has 0 saturated carbocycles. The van der Waals surface area contributed by atoms with Crippen LogP contribution in [0.4, 0.5) is 0 Å². The third-order valence-electron chi connectivity index (χ3n) is 2.07. The minimum absolute atomic E-state index is 0.317. The minimum atomic E-state index is -0.317. The van der Waals surface area contributed by atoms with E-state index in [0.717, 1.165) is 11.3 Å². The summed E-state index contributed by atoms with van der Waals surface area (Å²) in [7, 11) is 1.85. The van der Waals surface area contributed by atoms with E-state index in [1.165, 1.54) is 11.3 Å². The monoisotopic (exact) mass is 261 g/mol. The Hall–Kier alpha value is -0.550. The first-order valence-electron chi connectivity index (χ1n) is 4.28. The Balaban J connectivity index is 2.35. The van der Waals surface area contributed by atoms with Gasteiger partial charge in [-0.3, -0.25) is 4.68 Å². The van der Waals surface area contributed by atoms with Gasteiger partial charge in [-0.2, -0.15) is 5.10 Å². The second kappa shape index (κ2) is 4.14. The lowest BCUT2D eigenvalue weighted by Gasteiger charge is -2.06. The van der Waals surface area contributed by atoms with Crippen LogP contribution in [0.2, 0.25) is 8.67 Å². The molecule has 80 valence electrons. The average Bonchev–Trinajstić information content (AvgIpc) is 2.71. The van der Waals surface area contributed by atoms with E-state index in [-0.39, 0.29) is 6.04 Å². The van der Waals surface area contributed by atoms with Crippen LogP contribution in [0.1, 0.15) is 17.3 Å². The van der Waals surface area contributed by atoms with Crippen LogP contribution in [0, 0.1) is 0 Å². The lowest BCUT2D eigenvalue weighted by Crippen LogP contribution is -2.12. The van der Waals surface area contributed by atoms with Crippen molar-refractivity contribution >= 4 is 34.5 Å². The SMILES string of the molecule is Cn1ccc(C(N)c2cc(Cl)sc2Cl)n1. The highest BCUT2D eigenvalue weighted by atomic mass is 35.5. The second-order valence-electron chi connectivity index (χ2n) is 3.17. The fourth-order valence-electron chi connectivity index (χ4n) is 1.32. The molecule has 3 nitrogen and oxygen atoms in total. The molecule has 0 saturated heterocycles. The molecule has 0 amide bonds. The van der Waals surface area contributed by atoms with Crippen molar-refractivity contribution in [3.8, 4) is 0 Å². The van der Waals surface area contributed by atoms with Crippen LogP contribution in [0.3, 0.4) is 0 Å². The van der Waals surface area contributed by atoms with Gasteiger partial charge < -0.3 is 5.73 Å². The van der Waals surface area contributed by atoms with E-state index >= 15 is 0 Å². The molecule has 0 aromatic carbocycles. The highest BCUT2D eigenvalue weighted by Gasteiger charge is 2.17. The van der Waals surface area contributed by atoms with Crippen molar-refractivity contribution in [3.05, 3.63) is 38.3 Å². The third-order valence-corrected chi connectivity index (χ3v) is 3.59. The van der Waals surface area contributed by atoms with Gasteiger partial charge in [0.05, 0.1) is 20.4 Å². The third kappa shape index (κ3) is 2.18. The van der Waals surface area contributed by atoms with Crippen molar-refractivity contribution in [2.24, 2.45) is 12.8 Å². The first-order chi connectivity index (χ1) is 7.08. The summed E-state index contributed by atoms with van der Waals surface area (Å²) in [6, 6.07) is 3.34. The van der Waals surface area contributed by atoms with Gasteiger partial charge in [0, 0.05) is 18.8 Å². The van der Waals surface area contributed by atoms with E-state index in [2.05, 4.69) is 5.10 Å². The molecule has 0 aliphatic carbocycles. The molecule has 2 rings (SSSR count). The van der Waals surface area contributed by atoms with Gasteiger partial charge in [-0.1, -0.05) is 23.2 Å². The summed E-state index contributed by atoms with van der Waals surface area (Å²) < 4.78 is 2.97. The van der Waals surface area contributed by atoms with E-state index in [4.69, 9.17) is 28.9 Å². The topological polar surface area (TPSA) is 43.8 Å². The number of nitrogens with two attached hydrogens (primary N) is 1. The molecule has 2 heterocycles. The van der Waals surface area contributed by atoms with Crippen LogP contribution in [-0.2, 0) is 7.05 Å². The van der Waals surface area contributed by atoms with Crippen LogP contribution in [0.25, 0.3) is 0 Å². The maximum absolute atomic E-state index is 6.03. The molecule has 0 bridgehead atoms. The number of aryl methyl sites for hydroxylation is 1. The Labute approximate surface area is 101 Å². The van der Waals surface area contributed by atoms with Crippen LogP contribution < -0.4 is 5.73 Å². The van der Waals surface area contributed by atoms with Gasteiger partial charge in [0.2, 0.25) is 0 Å². The van der Waals surface area contributed by atoms with Gasteiger partial charge in [-0.15, -0.1) is 11.3 Å². The summed E-state index contributed by atoms with van der Waals surface area (Å²) in [5.74, 6) is 0. The number of halogens is 2. The molecule has 6 heteroatoms. The van der Waals surface area contributed by atoms with Gasteiger partial charge in [-0.25, -0.2) is 0 Å². The van der Waals surface area contributed by atoms with Crippen LogP contribution in [-0.4, -0.2) is 9.78 Å². The molecule has 0 fully saturated rings. The molecule has 0 radical (unpaired) electrons.